The van der Waals surface area contributed by atoms with Gasteiger partial charge in [-0.25, -0.2) is 0 Å². The SMILES string of the molecule is CC(C)NCc1ccc(OC2CCCCCC2O)c(Cl)c1. The lowest BCUT2D eigenvalue weighted by atomic mass is 10.1. The Morgan fingerprint density at radius 1 is 1.29 bits per heavy atom. The molecule has 4 heteroatoms. The fourth-order valence-electron chi connectivity index (χ4n) is 2.63. The molecule has 0 saturated heterocycles. The van der Waals surface area contributed by atoms with Gasteiger partial charge in [0.25, 0.3) is 0 Å². The topological polar surface area (TPSA) is 41.5 Å². The van der Waals surface area contributed by atoms with E-state index in [9.17, 15) is 5.11 Å². The third kappa shape index (κ3) is 5.17. The van der Waals surface area contributed by atoms with Crippen LogP contribution in [0.15, 0.2) is 18.2 Å². The molecule has 0 spiro atoms. The van der Waals surface area contributed by atoms with Crippen molar-refractivity contribution in [1.82, 2.24) is 5.32 Å². The van der Waals surface area contributed by atoms with Gasteiger partial charge >= 0.3 is 0 Å². The first kappa shape index (κ1) is 16.6. The van der Waals surface area contributed by atoms with Crippen LogP contribution in [-0.4, -0.2) is 23.4 Å². The standard InChI is InChI=1S/C17H26ClNO2/c1-12(2)19-11-13-8-9-16(14(18)10-13)21-17-7-5-3-4-6-15(17)20/h8-10,12,15,17,19-20H,3-7,11H2,1-2H3. The molecule has 1 aliphatic carbocycles. The Kier molecular flexibility index (Phi) is 6.34. The summed E-state index contributed by atoms with van der Waals surface area (Å²) in [6.07, 6.45) is 4.55. The van der Waals surface area contributed by atoms with E-state index < -0.39 is 0 Å². The average Bonchev–Trinajstić information content (AvgIpc) is 2.64. The van der Waals surface area contributed by atoms with Crippen LogP contribution in [-0.2, 0) is 6.54 Å². The Morgan fingerprint density at radius 2 is 2.05 bits per heavy atom. The van der Waals surface area contributed by atoms with Gasteiger partial charge in [-0.05, 0) is 37.0 Å². The highest BCUT2D eigenvalue weighted by molar-refractivity contribution is 6.32. The van der Waals surface area contributed by atoms with E-state index in [0.29, 0.717) is 16.8 Å². The molecule has 118 valence electrons. The number of benzene rings is 1. The molecule has 1 saturated carbocycles. The van der Waals surface area contributed by atoms with E-state index in [4.69, 9.17) is 16.3 Å². The van der Waals surface area contributed by atoms with E-state index in [0.717, 1.165) is 37.8 Å². The number of nitrogens with one attached hydrogen (secondary N) is 1. The number of rotatable bonds is 5. The predicted octanol–water partition coefficient (Wildman–Crippen LogP) is 3.91. The zero-order valence-electron chi connectivity index (χ0n) is 12.9. The highest BCUT2D eigenvalue weighted by atomic mass is 35.5. The van der Waals surface area contributed by atoms with Crippen LogP contribution in [0.25, 0.3) is 0 Å². The summed E-state index contributed by atoms with van der Waals surface area (Å²) in [5.74, 6) is 0.677. The van der Waals surface area contributed by atoms with Crippen LogP contribution < -0.4 is 10.1 Å². The summed E-state index contributed by atoms with van der Waals surface area (Å²) in [5.41, 5.74) is 1.14. The minimum atomic E-state index is -0.383. The number of hydrogen-bond acceptors (Lipinski definition) is 3. The van der Waals surface area contributed by atoms with Gasteiger partial charge in [0.2, 0.25) is 0 Å². The summed E-state index contributed by atoms with van der Waals surface area (Å²) in [6.45, 7) is 5.03. The van der Waals surface area contributed by atoms with Crippen molar-refractivity contribution in [1.29, 1.82) is 0 Å². The van der Waals surface area contributed by atoms with E-state index in [1.165, 1.54) is 6.42 Å². The van der Waals surface area contributed by atoms with Crippen LogP contribution in [0.4, 0.5) is 0 Å². The van der Waals surface area contributed by atoms with Gasteiger partial charge in [0.1, 0.15) is 11.9 Å². The third-order valence-corrected chi connectivity index (χ3v) is 4.20. The molecule has 0 heterocycles. The van der Waals surface area contributed by atoms with Gasteiger partial charge in [-0.1, -0.05) is 44.4 Å². The molecular formula is C17H26ClNO2. The van der Waals surface area contributed by atoms with Crippen LogP contribution in [0, 0.1) is 0 Å². The Bertz CT molecular complexity index is 450. The summed E-state index contributed by atoms with van der Waals surface area (Å²) < 4.78 is 5.96. The minimum Gasteiger partial charge on any atom is -0.486 e. The van der Waals surface area contributed by atoms with Crippen molar-refractivity contribution in [2.45, 2.75) is 70.7 Å². The summed E-state index contributed by atoms with van der Waals surface area (Å²) in [5, 5.41) is 14.1. The average molecular weight is 312 g/mol. The molecule has 21 heavy (non-hydrogen) atoms. The maximum absolute atomic E-state index is 10.1. The molecule has 2 unspecified atom stereocenters. The third-order valence-electron chi connectivity index (χ3n) is 3.91. The van der Waals surface area contributed by atoms with E-state index >= 15 is 0 Å². The van der Waals surface area contributed by atoms with Crippen LogP contribution >= 0.6 is 11.6 Å². The zero-order valence-corrected chi connectivity index (χ0v) is 13.7. The van der Waals surface area contributed by atoms with Gasteiger partial charge in [0.15, 0.2) is 0 Å². The van der Waals surface area contributed by atoms with Crippen LogP contribution in [0.3, 0.4) is 0 Å². The van der Waals surface area contributed by atoms with E-state index in [1.54, 1.807) is 0 Å². The van der Waals surface area contributed by atoms with Crippen molar-refractivity contribution >= 4 is 11.6 Å². The molecule has 1 aromatic carbocycles. The van der Waals surface area contributed by atoms with Gasteiger partial charge in [-0.15, -0.1) is 0 Å². The van der Waals surface area contributed by atoms with E-state index in [1.807, 2.05) is 18.2 Å². The van der Waals surface area contributed by atoms with E-state index in [-0.39, 0.29) is 12.2 Å². The second-order valence-electron chi connectivity index (χ2n) is 6.16. The first-order chi connectivity index (χ1) is 10.1. The first-order valence-electron chi connectivity index (χ1n) is 7.93. The van der Waals surface area contributed by atoms with Crippen LogP contribution in [0.5, 0.6) is 5.75 Å². The van der Waals surface area contributed by atoms with Gasteiger partial charge < -0.3 is 15.2 Å². The van der Waals surface area contributed by atoms with Crippen molar-refractivity contribution in [3.8, 4) is 5.75 Å². The molecule has 0 radical (unpaired) electrons. The summed E-state index contributed by atoms with van der Waals surface area (Å²) in [4.78, 5) is 0. The Morgan fingerprint density at radius 3 is 2.76 bits per heavy atom. The van der Waals surface area contributed by atoms with Gasteiger partial charge in [0, 0.05) is 12.6 Å². The van der Waals surface area contributed by atoms with Gasteiger partial charge in [0.05, 0.1) is 11.1 Å². The molecule has 2 atom stereocenters. The molecule has 2 N–H and O–H groups in total. The van der Waals surface area contributed by atoms with Crippen LogP contribution in [0.2, 0.25) is 5.02 Å². The molecule has 0 aromatic heterocycles. The molecule has 0 amide bonds. The molecule has 3 nitrogen and oxygen atoms in total. The molecule has 1 aliphatic rings. The normalized spacial score (nSPS) is 23.1. The highest BCUT2D eigenvalue weighted by Crippen LogP contribution is 2.29. The number of halogens is 1. The predicted molar refractivity (Wildman–Crippen MR) is 86.9 cm³/mol. The van der Waals surface area contributed by atoms with Crippen molar-refractivity contribution in [3.63, 3.8) is 0 Å². The lowest BCUT2D eigenvalue weighted by molar-refractivity contribution is 0.0320. The first-order valence-corrected chi connectivity index (χ1v) is 8.30. The van der Waals surface area contributed by atoms with Crippen LogP contribution in [0.1, 0.15) is 51.5 Å². The smallest absolute Gasteiger partial charge is 0.138 e. The quantitative estimate of drug-likeness (QED) is 0.810. The highest BCUT2D eigenvalue weighted by Gasteiger charge is 2.23. The second-order valence-corrected chi connectivity index (χ2v) is 6.57. The number of aliphatic hydroxyl groups is 1. The maximum atomic E-state index is 10.1. The fourth-order valence-corrected chi connectivity index (χ4v) is 2.87. The van der Waals surface area contributed by atoms with Crippen molar-refractivity contribution in [3.05, 3.63) is 28.8 Å². The minimum absolute atomic E-state index is 0.135. The Hall–Kier alpha value is -0.770. The molecule has 1 aromatic rings. The summed E-state index contributed by atoms with van der Waals surface area (Å²) >= 11 is 6.32. The number of ether oxygens (including phenoxy) is 1. The lowest BCUT2D eigenvalue weighted by Gasteiger charge is -2.23. The molecule has 2 rings (SSSR count). The van der Waals surface area contributed by atoms with Crippen molar-refractivity contribution < 1.29 is 9.84 Å². The van der Waals surface area contributed by atoms with Gasteiger partial charge in [-0.3, -0.25) is 0 Å². The van der Waals surface area contributed by atoms with Gasteiger partial charge in [-0.2, -0.15) is 0 Å². The largest absolute Gasteiger partial charge is 0.486 e. The summed E-state index contributed by atoms with van der Waals surface area (Å²) in [6, 6.07) is 6.33. The Balaban J connectivity index is 1.99. The van der Waals surface area contributed by atoms with E-state index in [2.05, 4.69) is 19.2 Å². The fraction of sp³-hybridized carbons (Fsp3) is 0.647. The maximum Gasteiger partial charge on any atom is 0.138 e. The molecule has 0 bridgehead atoms. The Labute approximate surface area is 132 Å². The summed E-state index contributed by atoms with van der Waals surface area (Å²) in [7, 11) is 0. The van der Waals surface area contributed by atoms with Crippen molar-refractivity contribution in [2.24, 2.45) is 0 Å². The zero-order chi connectivity index (χ0) is 15.2. The molecule has 1 fully saturated rings. The second kappa shape index (κ2) is 8.02. The lowest BCUT2D eigenvalue weighted by Crippen LogP contribution is -2.30. The van der Waals surface area contributed by atoms with Crippen molar-refractivity contribution in [2.75, 3.05) is 0 Å². The monoisotopic (exact) mass is 311 g/mol. The number of hydrogen-bond donors (Lipinski definition) is 2. The molecular weight excluding hydrogens is 286 g/mol. The molecule has 0 aliphatic heterocycles. The number of aliphatic hydroxyl groups excluding tert-OH is 1.